The number of hydrogen-bond donors (Lipinski definition) is 0. The molecular formula is C20H23N5O3S. The van der Waals surface area contributed by atoms with Crippen molar-refractivity contribution in [1.29, 1.82) is 0 Å². The largest absolute Gasteiger partial charge is 0.282 e. The molecule has 0 bridgehead atoms. The predicted octanol–water partition coefficient (Wildman–Crippen LogP) is 1.37. The molecular weight excluding hydrogens is 390 g/mol. The summed E-state index contributed by atoms with van der Waals surface area (Å²) in [5.41, 5.74) is 2.16. The second-order valence-corrected chi connectivity index (χ2v) is 9.25. The van der Waals surface area contributed by atoms with E-state index in [-0.39, 0.29) is 12.2 Å². The van der Waals surface area contributed by atoms with Gasteiger partial charge in [-0.1, -0.05) is 35.0 Å². The smallest absolute Gasteiger partial charge is 0.278 e. The molecule has 1 aliphatic heterocycles. The third-order valence-corrected chi connectivity index (χ3v) is 7.30. The summed E-state index contributed by atoms with van der Waals surface area (Å²) >= 11 is 0. The topological polar surface area (TPSA) is 88.4 Å². The van der Waals surface area contributed by atoms with Crippen molar-refractivity contribution in [2.75, 3.05) is 26.2 Å². The summed E-state index contributed by atoms with van der Waals surface area (Å²) in [6.07, 6.45) is 0. The van der Waals surface area contributed by atoms with Gasteiger partial charge in [-0.3, -0.25) is 9.69 Å². The molecule has 0 radical (unpaired) electrons. The molecule has 2 aromatic carbocycles. The first-order valence-corrected chi connectivity index (χ1v) is 10.9. The van der Waals surface area contributed by atoms with Crippen LogP contribution in [0, 0.1) is 13.8 Å². The summed E-state index contributed by atoms with van der Waals surface area (Å²) in [6.45, 7) is 5.82. The number of aryl methyl sites for hydroxylation is 2. The highest BCUT2D eigenvalue weighted by atomic mass is 32.2. The average molecular weight is 414 g/mol. The maximum absolute atomic E-state index is 13.0. The molecule has 1 fully saturated rings. The minimum atomic E-state index is -3.53. The monoisotopic (exact) mass is 413 g/mol. The molecule has 0 saturated carbocycles. The van der Waals surface area contributed by atoms with Crippen LogP contribution in [0.1, 0.15) is 11.1 Å². The number of hydrogen-bond acceptors (Lipinski definition) is 6. The Hall–Kier alpha value is -2.62. The zero-order valence-electron chi connectivity index (χ0n) is 16.4. The number of rotatable bonds is 4. The van der Waals surface area contributed by atoms with Crippen LogP contribution in [0.15, 0.2) is 52.2 Å². The average Bonchev–Trinajstić information content (AvgIpc) is 2.70. The molecule has 0 atom stereocenters. The summed E-state index contributed by atoms with van der Waals surface area (Å²) in [5, 5.41) is 8.64. The van der Waals surface area contributed by atoms with Crippen molar-refractivity contribution in [2.45, 2.75) is 25.4 Å². The predicted molar refractivity (Wildman–Crippen MR) is 110 cm³/mol. The Kier molecular flexibility index (Phi) is 5.20. The second-order valence-electron chi connectivity index (χ2n) is 7.34. The van der Waals surface area contributed by atoms with E-state index in [1.54, 1.807) is 24.3 Å². The molecule has 1 aromatic heterocycles. The summed E-state index contributed by atoms with van der Waals surface area (Å²) in [4.78, 5) is 15.0. The highest BCUT2D eigenvalue weighted by Gasteiger charge is 2.29. The molecule has 0 spiro atoms. The van der Waals surface area contributed by atoms with Crippen LogP contribution in [0.2, 0.25) is 0 Å². The van der Waals surface area contributed by atoms with E-state index in [0.29, 0.717) is 42.0 Å². The molecule has 9 heteroatoms. The van der Waals surface area contributed by atoms with E-state index in [2.05, 4.69) is 10.3 Å². The maximum atomic E-state index is 13.0. The van der Waals surface area contributed by atoms with Crippen LogP contribution in [0.25, 0.3) is 10.9 Å². The van der Waals surface area contributed by atoms with E-state index in [1.165, 1.54) is 8.99 Å². The van der Waals surface area contributed by atoms with Gasteiger partial charge in [0, 0.05) is 26.2 Å². The Labute approximate surface area is 169 Å². The first-order chi connectivity index (χ1) is 13.9. The lowest BCUT2D eigenvalue weighted by atomic mass is 10.2. The van der Waals surface area contributed by atoms with Gasteiger partial charge in [-0.05, 0) is 37.6 Å². The summed E-state index contributed by atoms with van der Waals surface area (Å²) in [7, 11) is -3.53. The Balaban J connectivity index is 1.47. The van der Waals surface area contributed by atoms with Gasteiger partial charge < -0.3 is 0 Å². The lowest BCUT2D eigenvalue weighted by Gasteiger charge is -2.34. The molecule has 152 valence electrons. The molecule has 2 heterocycles. The second kappa shape index (κ2) is 7.66. The van der Waals surface area contributed by atoms with Gasteiger partial charge in [-0.15, -0.1) is 5.10 Å². The van der Waals surface area contributed by atoms with E-state index < -0.39 is 10.0 Å². The van der Waals surface area contributed by atoms with Gasteiger partial charge in [0.2, 0.25) is 10.0 Å². The Morgan fingerprint density at radius 3 is 2.45 bits per heavy atom. The van der Waals surface area contributed by atoms with Gasteiger partial charge in [0.25, 0.3) is 5.56 Å². The molecule has 8 nitrogen and oxygen atoms in total. The minimum Gasteiger partial charge on any atom is -0.282 e. The third kappa shape index (κ3) is 3.81. The Morgan fingerprint density at radius 1 is 1.00 bits per heavy atom. The summed E-state index contributed by atoms with van der Waals surface area (Å²) in [6, 6.07) is 12.5. The molecule has 1 saturated heterocycles. The van der Waals surface area contributed by atoms with E-state index >= 15 is 0 Å². The van der Waals surface area contributed by atoms with Gasteiger partial charge >= 0.3 is 0 Å². The van der Waals surface area contributed by atoms with E-state index in [1.807, 2.05) is 36.9 Å². The lowest BCUT2D eigenvalue weighted by Crippen LogP contribution is -2.50. The van der Waals surface area contributed by atoms with Crippen molar-refractivity contribution >= 4 is 20.9 Å². The number of aromatic nitrogens is 3. The molecule has 29 heavy (non-hydrogen) atoms. The van der Waals surface area contributed by atoms with Crippen LogP contribution in [0.4, 0.5) is 0 Å². The van der Waals surface area contributed by atoms with Crippen molar-refractivity contribution in [3.8, 4) is 0 Å². The van der Waals surface area contributed by atoms with Crippen LogP contribution < -0.4 is 5.56 Å². The van der Waals surface area contributed by atoms with Crippen LogP contribution in [0.5, 0.6) is 0 Å². The molecule has 0 amide bonds. The Bertz CT molecular complexity index is 1210. The number of fused-ring (bicyclic) bond motifs is 1. The summed E-state index contributed by atoms with van der Waals surface area (Å²) in [5.74, 6) is 0. The summed E-state index contributed by atoms with van der Waals surface area (Å²) < 4.78 is 28.9. The van der Waals surface area contributed by atoms with Gasteiger partial charge in [-0.25, -0.2) is 8.42 Å². The maximum Gasteiger partial charge on any atom is 0.278 e. The fourth-order valence-corrected chi connectivity index (χ4v) is 5.27. The first kappa shape index (κ1) is 19.7. The number of sulfonamides is 1. The molecule has 4 rings (SSSR count). The number of nitrogens with zero attached hydrogens (tertiary/aromatic N) is 5. The molecule has 3 aromatic rings. The van der Waals surface area contributed by atoms with Crippen molar-refractivity contribution in [3.05, 3.63) is 63.9 Å². The van der Waals surface area contributed by atoms with Crippen LogP contribution in [0.3, 0.4) is 0 Å². The molecule has 0 aliphatic carbocycles. The van der Waals surface area contributed by atoms with Gasteiger partial charge in [0.1, 0.15) is 5.52 Å². The van der Waals surface area contributed by atoms with Crippen LogP contribution in [-0.2, 0) is 16.7 Å². The van der Waals surface area contributed by atoms with E-state index in [0.717, 1.165) is 11.1 Å². The fraction of sp³-hybridized carbons (Fsp3) is 0.350. The van der Waals surface area contributed by atoms with Crippen LogP contribution in [-0.4, -0.2) is 58.8 Å². The lowest BCUT2D eigenvalue weighted by molar-refractivity contribution is 0.141. The molecule has 0 unspecified atom stereocenters. The van der Waals surface area contributed by atoms with Crippen molar-refractivity contribution < 1.29 is 8.42 Å². The minimum absolute atomic E-state index is 0.194. The van der Waals surface area contributed by atoms with Gasteiger partial charge in [-0.2, -0.15) is 8.99 Å². The van der Waals surface area contributed by atoms with Gasteiger partial charge in [0.15, 0.2) is 0 Å². The zero-order valence-corrected chi connectivity index (χ0v) is 17.3. The third-order valence-electron chi connectivity index (χ3n) is 5.24. The molecule has 1 aliphatic rings. The first-order valence-electron chi connectivity index (χ1n) is 9.48. The highest BCUT2D eigenvalue weighted by Crippen LogP contribution is 2.22. The van der Waals surface area contributed by atoms with Crippen molar-refractivity contribution in [3.63, 3.8) is 0 Å². The standard InChI is InChI=1S/C20H23N5O3S/c1-15-7-8-19(16(2)13-15)29(27,28)24-11-9-23(10-12-24)14-25-20(26)17-5-3-4-6-18(17)21-22-25/h3-8,13H,9-12,14H2,1-2H3. The number of benzene rings is 2. The van der Waals surface area contributed by atoms with Gasteiger partial charge in [0.05, 0.1) is 17.0 Å². The van der Waals surface area contributed by atoms with E-state index in [4.69, 9.17) is 0 Å². The quantitative estimate of drug-likeness (QED) is 0.642. The SMILES string of the molecule is Cc1ccc(S(=O)(=O)N2CCN(Cn3nnc4ccccc4c3=O)CC2)c(C)c1. The number of piperazine rings is 1. The van der Waals surface area contributed by atoms with Crippen molar-refractivity contribution in [2.24, 2.45) is 0 Å². The fourth-order valence-electron chi connectivity index (χ4n) is 3.64. The normalized spacial score (nSPS) is 16.3. The van der Waals surface area contributed by atoms with Crippen LogP contribution >= 0.6 is 0 Å². The highest BCUT2D eigenvalue weighted by molar-refractivity contribution is 7.89. The molecule has 0 N–H and O–H groups in total. The Morgan fingerprint density at radius 2 is 1.72 bits per heavy atom. The van der Waals surface area contributed by atoms with Crippen molar-refractivity contribution in [1.82, 2.24) is 24.2 Å². The van der Waals surface area contributed by atoms with E-state index in [9.17, 15) is 13.2 Å². The zero-order chi connectivity index (χ0) is 20.6.